The normalized spacial score (nSPS) is 23.7. The Labute approximate surface area is 109 Å². The van der Waals surface area contributed by atoms with Crippen LogP contribution in [0, 0.1) is 13.8 Å². The maximum absolute atomic E-state index is 12.3. The summed E-state index contributed by atoms with van der Waals surface area (Å²) in [6.07, 6.45) is 0.0743. The Morgan fingerprint density at radius 2 is 2.16 bits per heavy atom. The van der Waals surface area contributed by atoms with E-state index >= 15 is 0 Å². The van der Waals surface area contributed by atoms with Crippen LogP contribution >= 0.6 is 0 Å². The van der Waals surface area contributed by atoms with E-state index < -0.39 is 21.5 Å². The minimum Gasteiger partial charge on any atom is -0.480 e. The lowest BCUT2D eigenvalue weighted by Gasteiger charge is -2.23. The van der Waals surface area contributed by atoms with Crippen LogP contribution in [0.3, 0.4) is 0 Å². The average Bonchev–Trinajstić information content (AvgIpc) is 2.86. The van der Waals surface area contributed by atoms with Gasteiger partial charge in [-0.3, -0.25) is 4.79 Å². The van der Waals surface area contributed by atoms with E-state index in [0.29, 0.717) is 0 Å². The van der Waals surface area contributed by atoms with E-state index in [0.717, 1.165) is 0 Å². The monoisotopic (exact) mass is 290 g/mol. The summed E-state index contributed by atoms with van der Waals surface area (Å²) < 4.78 is 36.5. The zero-order valence-electron chi connectivity index (χ0n) is 10.5. The molecule has 2 rings (SSSR count). The molecule has 9 heteroatoms. The van der Waals surface area contributed by atoms with E-state index in [1.54, 1.807) is 0 Å². The van der Waals surface area contributed by atoms with Gasteiger partial charge in [0.15, 0.2) is 11.3 Å². The molecule has 1 aromatic heterocycles. The summed E-state index contributed by atoms with van der Waals surface area (Å²) in [5.74, 6) is -1.15. The largest absolute Gasteiger partial charge is 0.480 e. The van der Waals surface area contributed by atoms with Gasteiger partial charge in [-0.05, 0) is 13.8 Å². The molecule has 1 saturated heterocycles. The summed E-state index contributed by atoms with van der Waals surface area (Å²) in [6, 6.07) is 0. The van der Waals surface area contributed by atoms with Crippen LogP contribution in [0.4, 0.5) is 0 Å². The fraction of sp³-hybridized carbons (Fsp3) is 0.600. The predicted octanol–water partition coefficient (Wildman–Crippen LogP) is -0.187. The van der Waals surface area contributed by atoms with Gasteiger partial charge in [0.2, 0.25) is 10.0 Å². The van der Waals surface area contributed by atoms with E-state index in [2.05, 4.69) is 9.88 Å². The maximum Gasteiger partial charge on any atom is 0.327 e. The summed E-state index contributed by atoms with van der Waals surface area (Å²) in [4.78, 5) is 11.2. The van der Waals surface area contributed by atoms with Crippen molar-refractivity contribution in [2.45, 2.75) is 30.7 Å². The molecule has 0 bridgehead atoms. The lowest BCUT2D eigenvalue weighted by molar-refractivity contribution is -0.144. The van der Waals surface area contributed by atoms with Crippen LogP contribution in [0.25, 0.3) is 0 Å². The molecule has 0 spiro atoms. The molecule has 2 N–H and O–H groups in total. The third kappa shape index (κ3) is 2.36. The third-order valence-corrected chi connectivity index (χ3v) is 4.78. The summed E-state index contributed by atoms with van der Waals surface area (Å²) >= 11 is 0. The molecule has 106 valence electrons. The van der Waals surface area contributed by atoms with E-state index in [1.807, 2.05) is 0 Å². The third-order valence-electron chi connectivity index (χ3n) is 3.00. The number of nitrogens with one attached hydrogen (secondary N) is 1. The van der Waals surface area contributed by atoms with Crippen LogP contribution in [0.5, 0.6) is 0 Å². The van der Waals surface area contributed by atoms with Gasteiger partial charge in [-0.25, -0.2) is 8.42 Å². The molecule has 8 nitrogen and oxygen atoms in total. The summed E-state index contributed by atoms with van der Waals surface area (Å²) in [7, 11) is -4.03. The van der Waals surface area contributed by atoms with Crippen LogP contribution in [0.2, 0.25) is 0 Å². The number of hydrogen-bond donors (Lipinski definition) is 2. The van der Waals surface area contributed by atoms with Crippen LogP contribution in [0.1, 0.15) is 17.9 Å². The summed E-state index contributed by atoms with van der Waals surface area (Å²) in [5.41, 5.74) is -1.45. The molecule has 2 heterocycles. The van der Waals surface area contributed by atoms with Gasteiger partial charge in [0.1, 0.15) is 10.6 Å². The lowest BCUT2D eigenvalue weighted by Crippen LogP contribution is -2.55. The Morgan fingerprint density at radius 3 is 2.58 bits per heavy atom. The minimum absolute atomic E-state index is 0.0743. The molecule has 0 amide bonds. The highest BCUT2D eigenvalue weighted by molar-refractivity contribution is 7.89. The first kappa shape index (κ1) is 14.0. The van der Waals surface area contributed by atoms with Crippen LogP contribution in [0.15, 0.2) is 9.42 Å². The van der Waals surface area contributed by atoms with Crippen molar-refractivity contribution in [3.8, 4) is 0 Å². The summed E-state index contributed by atoms with van der Waals surface area (Å²) in [6.45, 7) is 2.91. The number of carbonyl (C=O) groups is 1. The molecular weight excluding hydrogens is 276 g/mol. The smallest absolute Gasteiger partial charge is 0.327 e. The molecule has 19 heavy (non-hydrogen) atoms. The molecule has 1 aromatic rings. The highest BCUT2D eigenvalue weighted by Gasteiger charge is 2.46. The molecule has 1 aliphatic heterocycles. The second-order valence-electron chi connectivity index (χ2n) is 4.45. The van der Waals surface area contributed by atoms with E-state index in [9.17, 15) is 18.3 Å². The molecule has 1 atom stereocenters. The van der Waals surface area contributed by atoms with E-state index in [1.165, 1.54) is 13.8 Å². The predicted molar refractivity (Wildman–Crippen MR) is 62.1 cm³/mol. The Hall–Kier alpha value is -1.45. The van der Waals surface area contributed by atoms with Gasteiger partial charge in [-0.2, -0.15) is 4.72 Å². The number of aryl methyl sites for hydroxylation is 2. The number of aliphatic carboxylic acids is 1. The topological polar surface area (TPSA) is 119 Å². The number of sulfonamides is 1. The van der Waals surface area contributed by atoms with E-state index in [4.69, 9.17) is 9.26 Å². The van der Waals surface area contributed by atoms with Gasteiger partial charge in [0.05, 0.1) is 6.61 Å². The molecule has 0 aromatic carbocycles. The zero-order chi connectivity index (χ0) is 14.3. The highest BCUT2D eigenvalue weighted by atomic mass is 32.2. The second kappa shape index (κ2) is 4.58. The van der Waals surface area contributed by atoms with Crippen molar-refractivity contribution in [1.29, 1.82) is 0 Å². The molecule has 1 fully saturated rings. The quantitative estimate of drug-likeness (QED) is 0.789. The number of aromatic nitrogens is 1. The molecule has 0 radical (unpaired) electrons. The number of rotatable bonds is 4. The number of carboxylic acid groups (broad SMARTS) is 1. The number of nitrogens with zero attached hydrogens (tertiary/aromatic N) is 1. The van der Waals surface area contributed by atoms with Crippen molar-refractivity contribution < 1.29 is 27.6 Å². The zero-order valence-corrected chi connectivity index (χ0v) is 11.3. The second-order valence-corrected chi connectivity index (χ2v) is 6.07. The van der Waals surface area contributed by atoms with Crippen LogP contribution in [-0.2, 0) is 19.6 Å². The Bertz CT molecular complexity index is 580. The average molecular weight is 290 g/mol. The first-order chi connectivity index (χ1) is 8.78. The molecule has 0 saturated carbocycles. The Balaban J connectivity index is 2.39. The van der Waals surface area contributed by atoms with Gasteiger partial charge in [-0.1, -0.05) is 5.16 Å². The SMILES string of the molecule is Cc1noc(C)c1S(=O)(=O)NC1(C(=O)O)CCOC1. The van der Waals surface area contributed by atoms with Gasteiger partial charge in [0.25, 0.3) is 0 Å². The highest BCUT2D eigenvalue weighted by Crippen LogP contribution is 2.25. The maximum atomic E-state index is 12.3. The van der Waals surface area contributed by atoms with E-state index in [-0.39, 0.29) is 36.0 Å². The minimum atomic E-state index is -4.03. The first-order valence-corrected chi connectivity index (χ1v) is 7.05. The fourth-order valence-electron chi connectivity index (χ4n) is 2.02. The molecule has 1 unspecified atom stereocenters. The number of ether oxygens (including phenoxy) is 1. The number of carboxylic acids is 1. The van der Waals surface area contributed by atoms with Crippen molar-refractivity contribution >= 4 is 16.0 Å². The van der Waals surface area contributed by atoms with Crippen molar-refractivity contribution in [2.24, 2.45) is 0 Å². The number of hydrogen-bond acceptors (Lipinski definition) is 6. The molecular formula is C10H14N2O6S. The van der Waals surface area contributed by atoms with Crippen LogP contribution < -0.4 is 4.72 Å². The lowest BCUT2D eigenvalue weighted by atomic mass is 10.0. The van der Waals surface area contributed by atoms with Crippen LogP contribution in [-0.4, -0.2) is 43.4 Å². The first-order valence-electron chi connectivity index (χ1n) is 5.56. The van der Waals surface area contributed by atoms with Crippen molar-refractivity contribution in [1.82, 2.24) is 9.88 Å². The Kier molecular flexibility index (Phi) is 3.37. The van der Waals surface area contributed by atoms with Gasteiger partial charge in [-0.15, -0.1) is 0 Å². The van der Waals surface area contributed by atoms with Gasteiger partial charge >= 0.3 is 5.97 Å². The van der Waals surface area contributed by atoms with Crippen molar-refractivity contribution in [2.75, 3.05) is 13.2 Å². The van der Waals surface area contributed by atoms with Gasteiger partial charge in [0, 0.05) is 13.0 Å². The molecule has 1 aliphatic rings. The standard InChI is InChI=1S/C10H14N2O6S/c1-6-8(7(2)18-11-6)19(15,16)12-10(9(13)14)3-4-17-5-10/h12H,3-5H2,1-2H3,(H,13,14). The Morgan fingerprint density at radius 1 is 1.47 bits per heavy atom. The van der Waals surface area contributed by atoms with Crippen molar-refractivity contribution in [3.05, 3.63) is 11.5 Å². The van der Waals surface area contributed by atoms with Gasteiger partial charge < -0.3 is 14.4 Å². The molecule has 0 aliphatic carbocycles. The fourth-order valence-corrected chi connectivity index (χ4v) is 3.73. The van der Waals surface area contributed by atoms with Crippen molar-refractivity contribution in [3.63, 3.8) is 0 Å². The summed E-state index contributed by atoms with van der Waals surface area (Å²) in [5, 5.41) is 12.8.